The lowest BCUT2D eigenvalue weighted by Crippen LogP contribution is -2.63. The second kappa shape index (κ2) is 6.24. The molecule has 0 aromatic heterocycles. The second-order valence-electron chi connectivity index (χ2n) is 11.8. The SMILES string of the molecule is CCC1CCC2(C3(CC)CCC4(C5(CCBr)CCCC5)CCC43)CCC12C. The average Bonchev–Trinajstić information content (AvgIpc) is 3.25. The van der Waals surface area contributed by atoms with Crippen molar-refractivity contribution in [3.05, 3.63) is 0 Å². The number of hydrogen-bond acceptors (Lipinski definition) is 0. The first-order chi connectivity index (χ1) is 13.0. The van der Waals surface area contributed by atoms with E-state index in [1.807, 2.05) is 0 Å². The highest BCUT2D eigenvalue weighted by molar-refractivity contribution is 9.09. The summed E-state index contributed by atoms with van der Waals surface area (Å²) in [4.78, 5) is 0. The van der Waals surface area contributed by atoms with Crippen LogP contribution >= 0.6 is 15.9 Å². The minimum absolute atomic E-state index is 0.682. The van der Waals surface area contributed by atoms with Gasteiger partial charge in [0.2, 0.25) is 0 Å². The number of hydrogen-bond donors (Lipinski definition) is 0. The fourth-order valence-electron chi connectivity index (χ4n) is 11.1. The van der Waals surface area contributed by atoms with Crippen LogP contribution in [0.2, 0.25) is 0 Å². The Balaban J connectivity index is 1.55. The van der Waals surface area contributed by atoms with E-state index in [-0.39, 0.29) is 0 Å². The molecule has 5 aliphatic rings. The first-order valence-corrected chi connectivity index (χ1v) is 13.7. The van der Waals surface area contributed by atoms with Gasteiger partial charge in [-0.15, -0.1) is 0 Å². The zero-order valence-corrected chi connectivity index (χ0v) is 19.9. The highest BCUT2D eigenvalue weighted by Crippen LogP contribution is 2.86. The third kappa shape index (κ3) is 1.98. The molecule has 0 aromatic rings. The predicted octanol–water partition coefficient (Wildman–Crippen LogP) is 8.52. The molecule has 5 saturated carbocycles. The Morgan fingerprint density at radius 3 is 2.15 bits per heavy atom. The van der Waals surface area contributed by atoms with Crippen molar-refractivity contribution in [3.63, 3.8) is 0 Å². The zero-order chi connectivity index (χ0) is 19.0. The lowest BCUT2D eigenvalue weighted by molar-refractivity contribution is -0.218. The number of halogens is 1. The lowest BCUT2D eigenvalue weighted by Gasteiger charge is -2.70. The summed E-state index contributed by atoms with van der Waals surface area (Å²) in [5, 5.41) is 1.24. The van der Waals surface area contributed by atoms with Gasteiger partial charge in [0.1, 0.15) is 0 Å². The van der Waals surface area contributed by atoms with Crippen LogP contribution in [0.3, 0.4) is 0 Å². The van der Waals surface area contributed by atoms with Crippen molar-refractivity contribution in [1.82, 2.24) is 0 Å². The first-order valence-electron chi connectivity index (χ1n) is 12.6. The molecule has 0 bridgehead atoms. The monoisotopic (exact) mass is 434 g/mol. The normalized spacial score (nSPS) is 52.9. The molecule has 5 aliphatic carbocycles. The summed E-state index contributed by atoms with van der Waals surface area (Å²) in [6, 6.07) is 0. The van der Waals surface area contributed by atoms with E-state index in [1.54, 1.807) is 64.2 Å². The Morgan fingerprint density at radius 2 is 1.63 bits per heavy atom. The van der Waals surface area contributed by atoms with E-state index in [4.69, 9.17) is 0 Å². The number of alkyl halides is 1. The molecule has 0 spiro atoms. The number of rotatable bonds is 6. The van der Waals surface area contributed by atoms with Crippen molar-refractivity contribution >= 4 is 15.9 Å². The molecular formula is C26H43Br. The minimum Gasteiger partial charge on any atom is -0.0928 e. The molecule has 154 valence electrons. The van der Waals surface area contributed by atoms with E-state index in [1.165, 1.54) is 37.4 Å². The van der Waals surface area contributed by atoms with Gasteiger partial charge in [-0.25, -0.2) is 0 Å². The van der Waals surface area contributed by atoms with Crippen molar-refractivity contribution in [2.24, 2.45) is 38.9 Å². The summed E-state index contributed by atoms with van der Waals surface area (Å²) in [6.45, 7) is 7.83. The molecule has 6 atom stereocenters. The average molecular weight is 436 g/mol. The standard InChI is InChI=1S/C26H43Br/c1-4-20-8-13-26(17-14-22(20,26)3)24(5-2)15-16-25(12-9-21(24)25)23(18-19-27)10-6-7-11-23/h20-21H,4-19H2,1-3H3. The molecule has 0 amide bonds. The van der Waals surface area contributed by atoms with Crippen molar-refractivity contribution in [1.29, 1.82) is 0 Å². The van der Waals surface area contributed by atoms with Gasteiger partial charge < -0.3 is 0 Å². The summed E-state index contributed by atoms with van der Waals surface area (Å²) in [5.74, 6) is 2.09. The Kier molecular flexibility index (Phi) is 4.50. The van der Waals surface area contributed by atoms with Crippen LogP contribution in [0.5, 0.6) is 0 Å². The molecular weight excluding hydrogens is 392 g/mol. The maximum absolute atomic E-state index is 3.88. The Morgan fingerprint density at radius 1 is 0.852 bits per heavy atom. The van der Waals surface area contributed by atoms with Crippen LogP contribution in [-0.2, 0) is 0 Å². The zero-order valence-electron chi connectivity index (χ0n) is 18.3. The van der Waals surface area contributed by atoms with Crippen LogP contribution in [0.15, 0.2) is 0 Å². The summed E-state index contributed by atoms with van der Waals surface area (Å²) in [5.41, 5.74) is 3.54. The van der Waals surface area contributed by atoms with Crippen LogP contribution in [0.25, 0.3) is 0 Å². The van der Waals surface area contributed by atoms with Gasteiger partial charge in [-0.05, 0) is 116 Å². The van der Waals surface area contributed by atoms with Crippen molar-refractivity contribution < 1.29 is 0 Å². The topological polar surface area (TPSA) is 0 Å². The maximum atomic E-state index is 3.88. The first kappa shape index (κ1) is 19.4. The Labute approximate surface area is 177 Å². The quantitative estimate of drug-likeness (QED) is 0.367. The Bertz CT molecular complexity index is 591. The third-order valence-corrected chi connectivity index (χ3v) is 12.9. The molecule has 0 aliphatic heterocycles. The summed E-state index contributed by atoms with van der Waals surface area (Å²) < 4.78 is 0. The van der Waals surface area contributed by atoms with Crippen molar-refractivity contribution in [2.45, 2.75) is 117 Å². The molecule has 5 fully saturated rings. The van der Waals surface area contributed by atoms with Gasteiger partial charge in [0.15, 0.2) is 0 Å². The van der Waals surface area contributed by atoms with Crippen LogP contribution in [0, 0.1) is 38.9 Å². The molecule has 0 radical (unpaired) electrons. The number of fused-ring (bicyclic) bond motifs is 2. The van der Waals surface area contributed by atoms with E-state index >= 15 is 0 Å². The van der Waals surface area contributed by atoms with Crippen molar-refractivity contribution in [2.75, 3.05) is 5.33 Å². The van der Waals surface area contributed by atoms with Gasteiger partial charge in [0.25, 0.3) is 0 Å². The largest absolute Gasteiger partial charge is 0.0928 e. The molecule has 0 nitrogen and oxygen atoms in total. The van der Waals surface area contributed by atoms with Gasteiger partial charge >= 0.3 is 0 Å². The van der Waals surface area contributed by atoms with Crippen molar-refractivity contribution in [3.8, 4) is 0 Å². The van der Waals surface area contributed by atoms with Crippen LogP contribution < -0.4 is 0 Å². The molecule has 0 N–H and O–H groups in total. The van der Waals surface area contributed by atoms with Gasteiger partial charge in [-0.1, -0.05) is 56.0 Å². The minimum atomic E-state index is 0.682. The highest BCUT2D eigenvalue weighted by atomic mass is 79.9. The molecule has 0 aromatic carbocycles. The molecule has 5 rings (SSSR count). The van der Waals surface area contributed by atoms with E-state index in [0.717, 1.165) is 22.7 Å². The summed E-state index contributed by atoms with van der Waals surface area (Å²) >= 11 is 3.88. The summed E-state index contributed by atoms with van der Waals surface area (Å²) in [7, 11) is 0. The smallest absolute Gasteiger partial charge is 0.00367 e. The molecule has 27 heavy (non-hydrogen) atoms. The van der Waals surface area contributed by atoms with Gasteiger partial charge in [0.05, 0.1) is 0 Å². The van der Waals surface area contributed by atoms with E-state index < -0.39 is 0 Å². The lowest BCUT2D eigenvalue weighted by atomic mass is 9.34. The van der Waals surface area contributed by atoms with Crippen LogP contribution in [-0.4, -0.2) is 5.33 Å². The highest BCUT2D eigenvalue weighted by Gasteiger charge is 2.78. The predicted molar refractivity (Wildman–Crippen MR) is 119 cm³/mol. The molecule has 6 unspecified atom stereocenters. The maximum Gasteiger partial charge on any atom is 0.00367 e. The van der Waals surface area contributed by atoms with E-state index in [0.29, 0.717) is 16.2 Å². The fraction of sp³-hybridized carbons (Fsp3) is 1.00. The third-order valence-electron chi connectivity index (χ3n) is 12.5. The van der Waals surface area contributed by atoms with E-state index in [9.17, 15) is 0 Å². The van der Waals surface area contributed by atoms with E-state index in [2.05, 4.69) is 36.7 Å². The van der Waals surface area contributed by atoms with Crippen LogP contribution in [0.1, 0.15) is 117 Å². The molecule has 0 saturated heterocycles. The van der Waals surface area contributed by atoms with Crippen LogP contribution in [0.4, 0.5) is 0 Å². The molecule has 0 heterocycles. The fourth-order valence-corrected chi connectivity index (χ4v) is 11.9. The van der Waals surface area contributed by atoms with Gasteiger partial charge in [-0.3, -0.25) is 0 Å². The Hall–Kier alpha value is 0.480. The van der Waals surface area contributed by atoms with Gasteiger partial charge in [0, 0.05) is 5.33 Å². The molecule has 1 heteroatoms. The summed E-state index contributed by atoms with van der Waals surface area (Å²) in [6.07, 6.45) is 23.1. The van der Waals surface area contributed by atoms with Gasteiger partial charge in [-0.2, -0.15) is 0 Å². The second-order valence-corrected chi connectivity index (χ2v) is 12.6.